The van der Waals surface area contributed by atoms with Crippen molar-refractivity contribution in [2.75, 3.05) is 20.8 Å². The van der Waals surface area contributed by atoms with E-state index in [4.69, 9.17) is 14.5 Å². The van der Waals surface area contributed by atoms with E-state index >= 15 is 0 Å². The molecule has 6 nitrogen and oxygen atoms in total. The third kappa shape index (κ3) is 1.50. The van der Waals surface area contributed by atoms with Crippen LogP contribution in [0.1, 0.15) is 31.2 Å². The number of amides is 1. The molecule has 144 valence electrons. The van der Waals surface area contributed by atoms with Crippen molar-refractivity contribution >= 4 is 23.3 Å². The number of carbonyl (C=O) groups is 2. The summed E-state index contributed by atoms with van der Waals surface area (Å²) in [6.07, 6.45) is 6.97. The Bertz CT molecular complexity index is 1010. The summed E-state index contributed by atoms with van der Waals surface area (Å²) in [5.74, 6) is 0.609. The molecule has 3 aliphatic heterocycles. The summed E-state index contributed by atoms with van der Waals surface area (Å²) in [6.45, 7) is 0.630. The number of para-hydroxylation sites is 1. The molecule has 28 heavy (non-hydrogen) atoms. The van der Waals surface area contributed by atoms with Gasteiger partial charge in [-0.3, -0.25) is 14.6 Å². The number of methoxy groups -OCH3 is 2. The van der Waals surface area contributed by atoms with E-state index < -0.39 is 10.8 Å². The maximum Gasteiger partial charge on any atom is 0.317 e. The molecule has 1 aromatic rings. The molecule has 6 heteroatoms. The van der Waals surface area contributed by atoms with Crippen LogP contribution in [-0.4, -0.2) is 49.3 Å². The Kier molecular flexibility index (Phi) is 2.83. The first-order chi connectivity index (χ1) is 13.5. The van der Waals surface area contributed by atoms with Crippen LogP contribution in [0.3, 0.4) is 0 Å². The van der Waals surface area contributed by atoms with E-state index in [0.717, 1.165) is 23.4 Å². The van der Waals surface area contributed by atoms with Gasteiger partial charge in [-0.05, 0) is 30.9 Å². The lowest BCUT2D eigenvalue weighted by Crippen LogP contribution is -2.64. The predicted molar refractivity (Wildman–Crippen MR) is 102 cm³/mol. The fraction of sp³-hybridized carbons (Fsp3) is 0.500. The smallest absolute Gasteiger partial charge is 0.317 e. The van der Waals surface area contributed by atoms with Gasteiger partial charge in [-0.25, -0.2) is 0 Å². The van der Waals surface area contributed by atoms with Gasteiger partial charge in [0.2, 0.25) is 5.91 Å². The van der Waals surface area contributed by atoms with Gasteiger partial charge >= 0.3 is 5.97 Å². The Morgan fingerprint density at radius 1 is 1.29 bits per heavy atom. The lowest BCUT2D eigenvalue weighted by atomic mass is 9.51. The minimum atomic E-state index is -0.771. The van der Waals surface area contributed by atoms with Crippen LogP contribution in [0, 0.1) is 10.8 Å². The van der Waals surface area contributed by atoms with E-state index in [-0.39, 0.29) is 23.3 Å². The molecule has 5 aliphatic rings. The molecule has 1 amide bonds. The van der Waals surface area contributed by atoms with E-state index in [1.54, 1.807) is 7.11 Å². The molecule has 1 saturated heterocycles. The van der Waals surface area contributed by atoms with Crippen molar-refractivity contribution in [3.8, 4) is 5.75 Å². The van der Waals surface area contributed by atoms with Gasteiger partial charge in [-0.15, -0.1) is 0 Å². The van der Waals surface area contributed by atoms with Crippen molar-refractivity contribution < 1.29 is 19.1 Å². The normalized spacial score (nSPS) is 38.6. The molecule has 6 rings (SSSR count). The molecule has 0 radical (unpaired) electrons. The Morgan fingerprint density at radius 3 is 2.93 bits per heavy atom. The van der Waals surface area contributed by atoms with Crippen molar-refractivity contribution in [3.05, 3.63) is 35.9 Å². The molecule has 0 N–H and O–H groups in total. The predicted octanol–water partition coefficient (Wildman–Crippen LogP) is 2.53. The molecule has 2 bridgehead atoms. The van der Waals surface area contributed by atoms with Crippen molar-refractivity contribution in [1.29, 1.82) is 0 Å². The maximum absolute atomic E-state index is 13.2. The third-order valence-corrected chi connectivity index (χ3v) is 7.85. The van der Waals surface area contributed by atoms with Gasteiger partial charge in [0, 0.05) is 24.1 Å². The highest BCUT2D eigenvalue weighted by molar-refractivity contribution is 6.20. The van der Waals surface area contributed by atoms with Crippen LogP contribution in [-0.2, 0) is 19.7 Å². The van der Waals surface area contributed by atoms with Crippen LogP contribution in [0.4, 0.5) is 5.69 Å². The number of esters is 1. The summed E-state index contributed by atoms with van der Waals surface area (Å²) in [5.41, 5.74) is 1.08. The number of ether oxygens (including phenoxy) is 2. The average Bonchev–Trinajstić information content (AvgIpc) is 3.33. The van der Waals surface area contributed by atoms with Crippen LogP contribution < -0.4 is 4.74 Å². The van der Waals surface area contributed by atoms with E-state index in [9.17, 15) is 9.59 Å². The summed E-state index contributed by atoms with van der Waals surface area (Å²) in [4.78, 5) is 33.4. The van der Waals surface area contributed by atoms with E-state index in [1.165, 1.54) is 7.11 Å². The molecular weight excluding hydrogens is 356 g/mol. The van der Waals surface area contributed by atoms with Crippen molar-refractivity contribution in [1.82, 2.24) is 4.90 Å². The molecular formula is C22H22N2O4. The average molecular weight is 378 g/mol. The summed E-state index contributed by atoms with van der Waals surface area (Å²) in [5, 5.41) is 0. The Labute approximate surface area is 163 Å². The molecule has 2 spiro atoms. The highest BCUT2D eigenvalue weighted by Gasteiger charge is 2.77. The van der Waals surface area contributed by atoms with E-state index in [0.29, 0.717) is 31.6 Å². The highest BCUT2D eigenvalue weighted by Crippen LogP contribution is 2.71. The van der Waals surface area contributed by atoms with E-state index in [1.807, 2.05) is 17.0 Å². The minimum Gasteiger partial charge on any atom is -0.494 e. The van der Waals surface area contributed by atoms with Gasteiger partial charge in [-0.1, -0.05) is 24.3 Å². The zero-order valence-corrected chi connectivity index (χ0v) is 16.0. The number of carbonyl (C=O) groups excluding carboxylic acids is 2. The number of aliphatic imine (C=N–C) groups is 1. The second kappa shape index (κ2) is 4.85. The summed E-state index contributed by atoms with van der Waals surface area (Å²) < 4.78 is 10.9. The van der Waals surface area contributed by atoms with Gasteiger partial charge in [0.15, 0.2) is 0 Å². The largest absolute Gasteiger partial charge is 0.494 e. The molecule has 1 aromatic carbocycles. The zero-order valence-electron chi connectivity index (χ0n) is 16.0. The minimum absolute atomic E-state index is 0.00453. The summed E-state index contributed by atoms with van der Waals surface area (Å²) in [6, 6.07) is 5.92. The summed E-state index contributed by atoms with van der Waals surface area (Å²) in [7, 11) is 3.08. The molecule has 2 aliphatic carbocycles. The number of hydrogen-bond donors (Lipinski definition) is 0. The second-order valence-corrected chi connectivity index (χ2v) is 8.80. The molecule has 3 fully saturated rings. The van der Waals surface area contributed by atoms with Gasteiger partial charge in [-0.2, -0.15) is 0 Å². The number of hydrogen-bond acceptors (Lipinski definition) is 5. The first-order valence-corrected chi connectivity index (χ1v) is 9.85. The highest BCUT2D eigenvalue weighted by atomic mass is 16.5. The molecule has 0 unspecified atom stereocenters. The fourth-order valence-electron chi connectivity index (χ4n) is 7.07. The van der Waals surface area contributed by atoms with Gasteiger partial charge in [0.25, 0.3) is 0 Å². The topological polar surface area (TPSA) is 68.2 Å². The van der Waals surface area contributed by atoms with Crippen LogP contribution in [0.25, 0.3) is 0 Å². The Balaban J connectivity index is 1.71. The van der Waals surface area contributed by atoms with Crippen LogP contribution >= 0.6 is 0 Å². The van der Waals surface area contributed by atoms with Crippen molar-refractivity contribution in [2.24, 2.45) is 15.8 Å². The van der Waals surface area contributed by atoms with Crippen molar-refractivity contribution in [2.45, 2.75) is 37.1 Å². The fourth-order valence-corrected chi connectivity index (χ4v) is 7.07. The number of rotatable bonds is 2. The van der Waals surface area contributed by atoms with Gasteiger partial charge < -0.3 is 14.4 Å². The second-order valence-electron chi connectivity index (χ2n) is 8.80. The summed E-state index contributed by atoms with van der Waals surface area (Å²) >= 11 is 0. The molecule has 3 heterocycles. The maximum atomic E-state index is 13.2. The molecule has 2 saturated carbocycles. The van der Waals surface area contributed by atoms with Gasteiger partial charge in [0.05, 0.1) is 25.7 Å². The Morgan fingerprint density at radius 2 is 2.14 bits per heavy atom. The lowest BCUT2D eigenvalue weighted by Gasteiger charge is -2.54. The SMILES string of the molecule is COC(=O)[C@]12CC[C@@]3(C=CCN4C(=O)C[C@@]5(C1=Nc1c(OC)cccc15)[C@H]43)C2. The van der Waals surface area contributed by atoms with Crippen LogP contribution in [0.2, 0.25) is 0 Å². The van der Waals surface area contributed by atoms with Gasteiger partial charge in [0.1, 0.15) is 16.9 Å². The monoisotopic (exact) mass is 378 g/mol. The Hall–Kier alpha value is -2.63. The lowest BCUT2D eigenvalue weighted by molar-refractivity contribution is -0.149. The standard InChI is InChI=1S/C22H22N2O4/c1-27-14-6-3-5-13-16(14)23-17-21(19(26)28-2)9-8-20(12-21)7-4-10-24-15(25)11-22(13,17)18(20)24/h3-7,18H,8-12H2,1-2H3/t18-,20+,21+,22-/m1/s1. The molecule has 0 aromatic heterocycles. The van der Waals surface area contributed by atoms with Crippen molar-refractivity contribution in [3.63, 3.8) is 0 Å². The number of nitrogens with zero attached hydrogens (tertiary/aromatic N) is 2. The van der Waals surface area contributed by atoms with E-state index in [2.05, 4.69) is 18.2 Å². The van der Waals surface area contributed by atoms with Crippen LogP contribution in [0.15, 0.2) is 35.3 Å². The first-order valence-electron chi connectivity index (χ1n) is 9.85. The quantitative estimate of drug-likeness (QED) is 0.586. The number of benzene rings is 1. The zero-order chi connectivity index (χ0) is 19.3. The number of fused-ring (bicyclic) bond motifs is 3. The van der Waals surface area contributed by atoms with Crippen LogP contribution in [0.5, 0.6) is 5.75 Å². The first kappa shape index (κ1) is 16.3. The third-order valence-electron chi connectivity index (χ3n) is 7.85. The molecule has 4 atom stereocenters.